The Morgan fingerprint density at radius 3 is 2.54 bits per heavy atom. The third kappa shape index (κ3) is 4.30. The highest BCUT2D eigenvalue weighted by Crippen LogP contribution is 2.32. The van der Waals surface area contributed by atoms with Gasteiger partial charge in [-0.05, 0) is 81.1 Å². The Kier molecular flexibility index (Phi) is 6.17. The number of thiocarbonyl (C=S) groups is 1. The Labute approximate surface area is 177 Å². The quantitative estimate of drug-likeness (QED) is 0.309. The van der Waals surface area contributed by atoms with E-state index in [2.05, 4.69) is 50.5 Å². The predicted octanol–water partition coefficient (Wildman–Crippen LogP) is 5.17. The maximum absolute atomic E-state index is 12.6. The van der Waals surface area contributed by atoms with Crippen LogP contribution in [0.1, 0.15) is 5.56 Å². The molecule has 0 saturated carbocycles. The Balaban J connectivity index is 1.72. The van der Waals surface area contributed by atoms with Crippen molar-refractivity contribution in [1.82, 2.24) is 4.90 Å². The monoisotopic (exact) mass is 578 g/mol. The molecule has 0 radical (unpaired) electrons. The molecular formula is C17H12I2N2OS2. The standard InChI is InChI=1S/C17H12I2N2OS2/c18-12-7-5-11(6-8-12)9-15-16(22)21(17(23)24-15)10-20-14-4-2-1-3-13(14)19/h1-9,20H,10H2/b15-9+. The van der Waals surface area contributed by atoms with Crippen LogP contribution < -0.4 is 5.32 Å². The zero-order valence-electron chi connectivity index (χ0n) is 12.3. The molecule has 122 valence electrons. The fraction of sp³-hybridized carbons (Fsp3) is 0.0588. The summed E-state index contributed by atoms with van der Waals surface area (Å²) in [5.74, 6) is -0.0537. The molecule has 0 bridgehead atoms. The van der Waals surface area contributed by atoms with Crippen LogP contribution in [0, 0.1) is 7.14 Å². The molecule has 2 aromatic rings. The molecule has 24 heavy (non-hydrogen) atoms. The van der Waals surface area contributed by atoms with Crippen LogP contribution in [-0.2, 0) is 4.79 Å². The highest BCUT2D eigenvalue weighted by Gasteiger charge is 2.31. The number of nitrogens with one attached hydrogen (secondary N) is 1. The summed E-state index contributed by atoms with van der Waals surface area (Å²) in [5, 5.41) is 3.28. The summed E-state index contributed by atoms with van der Waals surface area (Å²) >= 11 is 11.2. The van der Waals surface area contributed by atoms with Crippen molar-refractivity contribution in [3.05, 3.63) is 66.1 Å². The van der Waals surface area contributed by atoms with Crippen LogP contribution in [0.2, 0.25) is 0 Å². The van der Waals surface area contributed by atoms with Gasteiger partial charge in [0.2, 0.25) is 0 Å². The largest absolute Gasteiger partial charge is 0.366 e. The number of carbonyl (C=O) groups excluding carboxylic acids is 1. The summed E-state index contributed by atoms with van der Waals surface area (Å²) in [5.41, 5.74) is 2.00. The van der Waals surface area contributed by atoms with Crippen molar-refractivity contribution in [2.75, 3.05) is 12.0 Å². The smallest absolute Gasteiger partial charge is 0.267 e. The molecule has 0 spiro atoms. The summed E-state index contributed by atoms with van der Waals surface area (Å²) in [6.45, 7) is 0.370. The zero-order chi connectivity index (χ0) is 17.1. The van der Waals surface area contributed by atoms with E-state index in [4.69, 9.17) is 12.2 Å². The number of thioether (sulfide) groups is 1. The molecule has 0 aromatic heterocycles. The highest BCUT2D eigenvalue weighted by atomic mass is 127. The molecule has 3 rings (SSSR count). The molecule has 1 amide bonds. The van der Waals surface area contributed by atoms with Gasteiger partial charge in [0.15, 0.2) is 0 Å². The fourth-order valence-electron chi connectivity index (χ4n) is 2.12. The lowest BCUT2D eigenvalue weighted by Gasteiger charge is -2.16. The predicted molar refractivity (Wildman–Crippen MR) is 122 cm³/mol. The number of anilines is 1. The Bertz CT molecular complexity index is 822. The second-order valence-corrected chi connectivity index (χ2v) is 9.06. The van der Waals surface area contributed by atoms with Gasteiger partial charge in [0.05, 0.1) is 11.6 Å². The van der Waals surface area contributed by atoms with E-state index in [1.54, 1.807) is 4.90 Å². The number of hydrogen-bond donors (Lipinski definition) is 1. The zero-order valence-corrected chi connectivity index (χ0v) is 18.3. The van der Waals surface area contributed by atoms with Gasteiger partial charge in [-0.15, -0.1) is 0 Å². The SMILES string of the molecule is O=C1/C(=C\c2ccc(I)cc2)SC(=S)N1CNc1ccccc1I. The Hall–Kier alpha value is -0.650. The minimum absolute atomic E-state index is 0.0537. The molecule has 1 N–H and O–H groups in total. The first-order valence-electron chi connectivity index (χ1n) is 7.04. The van der Waals surface area contributed by atoms with Crippen molar-refractivity contribution >= 4 is 91.2 Å². The molecule has 1 aliphatic heterocycles. The van der Waals surface area contributed by atoms with Crippen LogP contribution in [-0.4, -0.2) is 21.8 Å². The van der Waals surface area contributed by atoms with Crippen LogP contribution in [0.5, 0.6) is 0 Å². The Morgan fingerprint density at radius 1 is 1.12 bits per heavy atom. The van der Waals surface area contributed by atoms with Crippen LogP contribution in [0.25, 0.3) is 6.08 Å². The highest BCUT2D eigenvalue weighted by molar-refractivity contribution is 14.1. The molecule has 0 aliphatic carbocycles. The van der Waals surface area contributed by atoms with Crippen LogP contribution >= 0.6 is 69.2 Å². The maximum Gasteiger partial charge on any atom is 0.267 e. The van der Waals surface area contributed by atoms with Gasteiger partial charge in [0.1, 0.15) is 4.32 Å². The van der Waals surface area contributed by atoms with E-state index in [0.29, 0.717) is 15.9 Å². The van der Waals surface area contributed by atoms with E-state index in [9.17, 15) is 4.79 Å². The van der Waals surface area contributed by atoms with E-state index in [-0.39, 0.29) is 5.91 Å². The average Bonchev–Trinajstić information content (AvgIpc) is 2.83. The first-order chi connectivity index (χ1) is 11.5. The van der Waals surface area contributed by atoms with Gasteiger partial charge in [-0.25, -0.2) is 0 Å². The number of amides is 1. The fourth-order valence-corrected chi connectivity index (χ4v) is 4.31. The molecule has 1 fully saturated rings. The number of halogens is 2. The van der Waals surface area contributed by atoms with Crippen LogP contribution in [0.3, 0.4) is 0 Å². The lowest BCUT2D eigenvalue weighted by molar-refractivity contribution is -0.121. The number of benzene rings is 2. The summed E-state index contributed by atoms with van der Waals surface area (Å²) in [6.07, 6.45) is 1.89. The molecule has 2 aromatic carbocycles. The van der Waals surface area contributed by atoms with Crippen molar-refractivity contribution in [2.24, 2.45) is 0 Å². The minimum atomic E-state index is -0.0537. The summed E-state index contributed by atoms with van der Waals surface area (Å²) in [4.78, 5) is 14.9. The first kappa shape index (κ1) is 18.2. The van der Waals surface area contributed by atoms with E-state index in [1.165, 1.54) is 15.3 Å². The summed E-state index contributed by atoms with van der Waals surface area (Å²) in [7, 11) is 0. The maximum atomic E-state index is 12.6. The summed E-state index contributed by atoms with van der Waals surface area (Å²) in [6, 6.07) is 16.0. The van der Waals surface area contributed by atoms with Gasteiger partial charge in [-0.2, -0.15) is 0 Å². The van der Waals surface area contributed by atoms with Crippen molar-refractivity contribution in [1.29, 1.82) is 0 Å². The lowest BCUT2D eigenvalue weighted by Crippen LogP contribution is -2.33. The van der Waals surface area contributed by atoms with Gasteiger partial charge < -0.3 is 5.32 Å². The number of hydrogen-bond acceptors (Lipinski definition) is 4. The molecule has 0 unspecified atom stereocenters. The lowest BCUT2D eigenvalue weighted by atomic mass is 10.2. The van der Waals surface area contributed by atoms with Gasteiger partial charge in [-0.1, -0.05) is 48.2 Å². The van der Waals surface area contributed by atoms with Crippen molar-refractivity contribution < 1.29 is 4.79 Å². The molecule has 3 nitrogen and oxygen atoms in total. The summed E-state index contributed by atoms with van der Waals surface area (Å²) < 4.78 is 2.85. The van der Waals surface area contributed by atoms with E-state index in [0.717, 1.165) is 14.8 Å². The molecule has 7 heteroatoms. The number of nitrogens with zero attached hydrogens (tertiary/aromatic N) is 1. The number of rotatable bonds is 4. The number of carbonyl (C=O) groups is 1. The molecule has 0 atom stereocenters. The van der Waals surface area contributed by atoms with Gasteiger partial charge >= 0.3 is 0 Å². The second kappa shape index (κ2) is 8.15. The first-order valence-corrected chi connectivity index (χ1v) is 10.4. The van der Waals surface area contributed by atoms with Crippen molar-refractivity contribution in [2.45, 2.75) is 0 Å². The molecule has 1 heterocycles. The van der Waals surface area contributed by atoms with Gasteiger partial charge in [0, 0.05) is 12.8 Å². The Morgan fingerprint density at radius 2 is 1.83 bits per heavy atom. The minimum Gasteiger partial charge on any atom is -0.366 e. The van der Waals surface area contributed by atoms with Gasteiger partial charge in [0.25, 0.3) is 5.91 Å². The average molecular weight is 578 g/mol. The van der Waals surface area contributed by atoms with E-state index in [1.807, 2.05) is 54.6 Å². The third-order valence-electron chi connectivity index (χ3n) is 3.34. The molecule has 1 saturated heterocycles. The molecular weight excluding hydrogens is 566 g/mol. The third-order valence-corrected chi connectivity index (χ3v) is 6.38. The van der Waals surface area contributed by atoms with Crippen molar-refractivity contribution in [3.8, 4) is 0 Å². The normalized spacial score (nSPS) is 16.1. The van der Waals surface area contributed by atoms with Crippen molar-refractivity contribution in [3.63, 3.8) is 0 Å². The number of para-hydroxylation sites is 1. The van der Waals surface area contributed by atoms with Gasteiger partial charge in [-0.3, -0.25) is 9.69 Å². The van der Waals surface area contributed by atoms with Crippen LogP contribution in [0.4, 0.5) is 5.69 Å². The molecule has 1 aliphatic rings. The van der Waals surface area contributed by atoms with E-state index < -0.39 is 0 Å². The van der Waals surface area contributed by atoms with Crippen LogP contribution in [0.15, 0.2) is 53.4 Å². The topological polar surface area (TPSA) is 32.3 Å². The van der Waals surface area contributed by atoms with E-state index >= 15 is 0 Å². The second-order valence-electron chi connectivity index (χ2n) is 4.98.